The third-order valence-corrected chi connectivity index (χ3v) is 5.97. The van der Waals surface area contributed by atoms with Crippen molar-refractivity contribution in [1.29, 1.82) is 0 Å². The van der Waals surface area contributed by atoms with Crippen molar-refractivity contribution >= 4 is 63.2 Å². The first-order valence-corrected chi connectivity index (χ1v) is 11.1. The lowest BCUT2D eigenvalue weighted by atomic mass is 10.2. The number of hydrogen-bond donors (Lipinski definition) is 3. The standard InChI is InChI=1S/C25H20Cl2N4O3/c1-14-6-3-4-8-19(14)28-24(33)25(34)30-31-21-11-10-17(26)12-16(21)13-22(31)23(32)29-20-9-5-7-18(27)15(20)2/h3-13H,1-2H3,(H,28,33)(H,29,32)(H,30,34). The number of carbonyl (C=O) groups excluding carboxylic acids is 3. The quantitative estimate of drug-likeness (QED) is 0.326. The van der Waals surface area contributed by atoms with E-state index in [9.17, 15) is 14.4 Å². The van der Waals surface area contributed by atoms with Gasteiger partial charge in [0.05, 0.1) is 5.52 Å². The fourth-order valence-corrected chi connectivity index (χ4v) is 3.80. The predicted octanol–water partition coefficient (Wildman–Crippen LogP) is 5.53. The molecule has 0 aliphatic carbocycles. The maximum absolute atomic E-state index is 13.2. The first kappa shape index (κ1) is 23.4. The van der Waals surface area contributed by atoms with E-state index in [0.29, 0.717) is 37.9 Å². The number of para-hydroxylation sites is 1. The van der Waals surface area contributed by atoms with Crippen LogP contribution in [0.3, 0.4) is 0 Å². The Hall–Kier alpha value is -3.81. The molecule has 4 aromatic rings. The van der Waals surface area contributed by atoms with Crippen molar-refractivity contribution < 1.29 is 14.4 Å². The molecule has 4 rings (SSSR count). The molecule has 1 heterocycles. The molecule has 0 aliphatic heterocycles. The van der Waals surface area contributed by atoms with E-state index >= 15 is 0 Å². The zero-order valence-corrected chi connectivity index (χ0v) is 19.8. The van der Waals surface area contributed by atoms with Crippen LogP contribution in [-0.4, -0.2) is 22.4 Å². The highest BCUT2D eigenvalue weighted by molar-refractivity contribution is 6.42. The second-order valence-electron chi connectivity index (χ2n) is 7.64. The zero-order chi connectivity index (χ0) is 24.4. The Bertz CT molecular complexity index is 1450. The summed E-state index contributed by atoms with van der Waals surface area (Å²) >= 11 is 12.3. The van der Waals surface area contributed by atoms with Gasteiger partial charge in [0, 0.05) is 26.8 Å². The van der Waals surface area contributed by atoms with Gasteiger partial charge in [-0.15, -0.1) is 0 Å². The third-order valence-electron chi connectivity index (χ3n) is 5.32. The summed E-state index contributed by atoms with van der Waals surface area (Å²) in [7, 11) is 0. The molecule has 7 nitrogen and oxygen atoms in total. The highest BCUT2D eigenvalue weighted by Crippen LogP contribution is 2.26. The van der Waals surface area contributed by atoms with Crippen LogP contribution in [0.4, 0.5) is 11.4 Å². The SMILES string of the molecule is Cc1ccccc1NC(=O)C(=O)Nn1c(C(=O)Nc2cccc(Cl)c2C)cc2cc(Cl)ccc21. The van der Waals surface area contributed by atoms with E-state index in [4.69, 9.17) is 23.2 Å². The number of halogens is 2. The Morgan fingerprint density at radius 1 is 0.794 bits per heavy atom. The molecule has 3 N–H and O–H groups in total. The van der Waals surface area contributed by atoms with Crippen molar-refractivity contribution in [1.82, 2.24) is 4.68 Å². The average molecular weight is 495 g/mol. The van der Waals surface area contributed by atoms with Gasteiger partial charge in [-0.25, -0.2) is 4.68 Å². The number of amides is 3. The Morgan fingerprint density at radius 2 is 1.53 bits per heavy atom. The summed E-state index contributed by atoms with van der Waals surface area (Å²) in [6.45, 7) is 3.60. The number of anilines is 2. The summed E-state index contributed by atoms with van der Waals surface area (Å²) in [5.41, 5.74) is 5.67. The molecule has 0 aliphatic rings. The van der Waals surface area contributed by atoms with Gasteiger partial charge in [0.25, 0.3) is 5.91 Å². The van der Waals surface area contributed by atoms with Gasteiger partial charge in [-0.1, -0.05) is 47.5 Å². The summed E-state index contributed by atoms with van der Waals surface area (Å²) in [5, 5.41) is 6.97. The van der Waals surface area contributed by atoms with E-state index in [-0.39, 0.29) is 5.69 Å². The zero-order valence-electron chi connectivity index (χ0n) is 18.3. The number of nitrogens with zero attached hydrogens (tertiary/aromatic N) is 1. The highest BCUT2D eigenvalue weighted by Gasteiger charge is 2.22. The number of aromatic nitrogens is 1. The van der Waals surface area contributed by atoms with E-state index < -0.39 is 17.7 Å². The molecular formula is C25H20Cl2N4O3. The molecule has 34 heavy (non-hydrogen) atoms. The Balaban J connectivity index is 1.66. The van der Waals surface area contributed by atoms with Crippen molar-refractivity contribution in [3.8, 4) is 0 Å². The van der Waals surface area contributed by atoms with Crippen LogP contribution in [0.5, 0.6) is 0 Å². The summed E-state index contributed by atoms with van der Waals surface area (Å²) in [6.07, 6.45) is 0. The lowest BCUT2D eigenvalue weighted by Gasteiger charge is -2.14. The number of benzene rings is 3. The van der Waals surface area contributed by atoms with Crippen LogP contribution < -0.4 is 16.1 Å². The topological polar surface area (TPSA) is 92.2 Å². The predicted molar refractivity (Wildman–Crippen MR) is 135 cm³/mol. The van der Waals surface area contributed by atoms with Crippen LogP contribution in [-0.2, 0) is 9.59 Å². The van der Waals surface area contributed by atoms with Gasteiger partial charge in [0.1, 0.15) is 5.69 Å². The van der Waals surface area contributed by atoms with Gasteiger partial charge < -0.3 is 10.6 Å². The summed E-state index contributed by atoms with van der Waals surface area (Å²) in [4.78, 5) is 38.5. The second kappa shape index (κ2) is 9.59. The number of nitrogens with one attached hydrogen (secondary N) is 3. The van der Waals surface area contributed by atoms with E-state index in [1.807, 2.05) is 19.1 Å². The molecule has 172 valence electrons. The van der Waals surface area contributed by atoms with Crippen molar-refractivity contribution in [2.24, 2.45) is 0 Å². The maximum atomic E-state index is 13.2. The normalized spacial score (nSPS) is 10.7. The maximum Gasteiger partial charge on any atom is 0.328 e. The van der Waals surface area contributed by atoms with Gasteiger partial charge in [-0.2, -0.15) is 0 Å². The largest absolute Gasteiger partial charge is 0.328 e. The molecule has 0 saturated carbocycles. The number of carbonyl (C=O) groups is 3. The Labute approximate surface area is 205 Å². The van der Waals surface area contributed by atoms with Crippen LogP contribution in [0, 0.1) is 13.8 Å². The number of rotatable bonds is 4. The van der Waals surface area contributed by atoms with Gasteiger partial charge in [0.2, 0.25) is 0 Å². The van der Waals surface area contributed by atoms with Gasteiger partial charge in [-0.3, -0.25) is 19.8 Å². The molecule has 3 amide bonds. The number of aryl methyl sites for hydroxylation is 1. The van der Waals surface area contributed by atoms with Gasteiger partial charge in [0.15, 0.2) is 0 Å². The van der Waals surface area contributed by atoms with Gasteiger partial charge in [-0.05, 0) is 67.4 Å². The minimum Gasteiger partial charge on any atom is -0.320 e. The number of hydrogen-bond acceptors (Lipinski definition) is 3. The lowest BCUT2D eigenvalue weighted by Crippen LogP contribution is -2.36. The fraction of sp³-hybridized carbons (Fsp3) is 0.0800. The van der Waals surface area contributed by atoms with E-state index in [1.165, 1.54) is 4.68 Å². The first-order valence-electron chi connectivity index (χ1n) is 10.3. The van der Waals surface area contributed by atoms with Crippen LogP contribution in [0.25, 0.3) is 10.9 Å². The molecule has 1 aromatic heterocycles. The molecule has 0 unspecified atom stereocenters. The van der Waals surface area contributed by atoms with Gasteiger partial charge >= 0.3 is 11.8 Å². The van der Waals surface area contributed by atoms with E-state index in [0.717, 1.165) is 5.56 Å². The Kier molecular flexibility index (Phi) is 6.58. The fourth-order valence-electron chi connectivity index (χ4n) is 3.45. The average Bonchev–Trinajstić information content (AvgIpc) is 3.15. The minimum absolute atomic E-state index is 0.105. The summed E-state index contributed by atoms with van der Waals surface area (Å²) in [6, 6.07) is 18.8. The second-order valence-corrected chi connectivity index (χ2v) is 8.49. The number of fused-ring (bicyclic) bond motifs is 1. The van der Waals surface area contributed by atoms with E-state index in [2.05, 4.69) is 16.1 Å². The van der Waals surface area contributed by atoms with E-state index in [1.54, 1.807) is 61.5 Å². The molecule has 0 radical (unpaired) electrons. The molecule has 3 aromatic carbocycles. The summed E-state index contributed by atoms with van der Waals surface area (Å²) in [5.74, 6) is -2.32. The van der Waals surface area contributed by atoms with Crippen LogP contribution in [0.2, 0.25) is 10.0 Å². The Morgan fingerprint density at radius 3 is 2.29 bits per heavy atom. The molecule has 0 spiro atoms. The molecule has 0 saturated heterocycles. The van der Waals surface area contributed by atoms with Crippen molar-refractivity contribution in [2.45, 2.75) is 13.8 Å². The van der Waals surface area contributed by atoms with Crippen molar-refractivity contribution in [3.05, 3.63) is 93.6 Å². The molecule has 0 fully saturated rings. The van der Waals surface area contributed by atoms with Crippen molar-refractivity contribution in [3.63, 3.8) is 0 Å². The molecule has 0 atom stereocenters. The van der Waals surface area contributed by atoms with Crippen LogP contribution >= 0.6 is 23.2 Å². The summed E-state index contributed by atoms with van der Waals surface area (Å²) < 4.78 is 1.26. The van der Waals surface area contributed by atoms with Crippen LogP contribution in [0.15, 0.2) is 66.7 Å². The monoisotopic (exact) mass is 494 g/mol. The van der Waals surface area contributed by atoms with Crippen LogP contribution in [0.1, 0.15) is 21.6 Å². The smallest absolute Gasteiger partial charge is 0.320 e. The molecular weight excluding hydrogens is 475 g/mol. The first-order chi connectivity index (χ1) is 16.2. The highest BCUT2D eigenvalue weighted by atomic mass is 35.5. The lowest BCUT2D eigenvalue weighted by molar-refractivity contribution is -0.133. The molecule has 9 heteroatoms. The third kappa shape index (κ3) is 4.76. The minimum atomic E-state index is -0.941. The van der Waals surface area contributed by atoms with Crippen molar-refractivity contribution in [2.75, 3.05) is 16.1 Å². The molecule has 0 bridgehead atoms.